The van der Waals surface area contributed by atoms with E-state index in [1.165, 1.54) is 19.9 Å². The number of allylic oxidation sites excluding steroid dienone is 1. The summed E-state index contributed by atoms with van der Waals surface area (Å²) >= 11 is 0. The van der Waals surface area contributed by atoms with E-state index in [4.69, 9.17) is 24.8 Å². The molecule has 0 aliphatic rings. The number of carbonyl (C=O) groups is 2. The molecule has 0 heterocycles. The maximum atomic E-state index is 11.6. The van der Waals surface area contributed by atoms with Gasteiger partial charge in [-0.2, -0.15) is 0 Å². The van der Waals surface area contributed by atoms with Crippen molar-refractivity contribution in [2.45, 2.75) is 26.4 Å². The lowest BCUT2D eigenvalue weighted by Gasteiger charge is -2.13. The average Bonchev–Trinajstić information content (AvgIpc) is 2.47. The van der Waals surface area contributed by atoms with Crippen LogP contribution in [0.4, 0.5) is 0 Å². The Bertz CT molecular complexity index is 444. The highest BCUT2D eigenvalue weighted by atomic mass is 16.6. The summed E-state index contributed by atoms with van der Waals surface area (Å²) in [7, 11) is 0. The van der Waals surface area contributed by atoms with Gasteiger partial charge in [-0.25, -0.2) is 9.59 Å². The average molecular weight is 300 g/mol. The number of hydrogen-bond acceptors (Lipinski definition) is 6. The van der Waals surface area contributed by atoms with Gasteiger partial charge in [0.15, 0.2) is 0 Å². The van der Waals surface area contributed by atoms with Gasteiger partial charge in [-0.1, -0.05) is 6.08 Å². The quantitative estimate of drug-likeness (QED) is 0.249. The van der Waals surface area contributed by atoms with E-state index in [1.54, 1.807) is 0 Å². The Kier molecular flexibility index (Phi) is 8.75. The molecule has 7 nitrogen and oxygen atoms in total. The van der Waals surface area contributed by atoms with Crippen molar-refractivity contribution in [3.05, 3.63) is 35.8 Å². The predicted octanol–water partition coefficient (Wildman–Crippen LogP) is 0.738. The number of carboxylic acid groups (broad SMARTS) is 1. The zero-order valence-electron chi connectivity index (χ0n) is 12.0. The molecule has 7 heteroatoms. The van der Waals surface area contributed by atoms with Crippen LogP contribution in [0.1, 0.15) is 20.3 Å². The van der Waals surface area contributed by atoms with Crippen LogP contribution in [0.3, 0.4) is 0 Å². The summed E-state index contributed by atoms with van der Waals surface area (Å²) in [6, 6.07) is 0. The van der Waals surface area contributed by atoms with Gasteiger partial charge < -0.3 is 24.8 Å². The fraction of sp³-hybridized carbons (Fsp3) is 0.429. The minimum absolute atomic E-state index is 0.00379. The van der Waals surface area contributed by atoms with E-state index >= 15 is 0 Å². The molecule has 0 bridgehead atoms. The van der Waals surface area contributed by atoms with Gasteiger partial charge in [0.05, 0.1) is 24.4 Å². The van der Waals surface area contributed by atoms with Gasteiger partial charge in [-0.3, -0.25) is 0 Å². The molecule has 0 unspecified atom stereocenters. The number of aliphatic hydroxyl groups excluding tert-OH is 2. The molecule has 0 spiro atoms. The molecule has 3 N–H and O–H groups in total. The first kappa shape index (κ1) is 18.9. The Hall–Kier alpha value is -2.12. The molecule has 0 rings (SSSR count). The van der Waals surface area contributed by atoms with Crippen LogP contribution in [0.25, 0.3) is 0 Å². The molecule has 0 aliphatic heterocycles. The highest BCUT2D eigenvalue weighted by Crippen LogP contribution is 2.13. The molecule has 0 aromatic heterocycles. The van der Waals surface area contributed by atoms with Crippen molar-refractivity contribution in [2.24, 2.45) is 0 Å². The van der Waals surface area contributed by atoms with E-state index in [9.17, 15) is 9.59 Å². The van der Waals surface area contributed by atoms with Crippen molar-refractivity contribution < 1.29 is 34.4 Å². The van der Waals surface area contributed by atoms with E-state index < -0.39 is 31.3 Å². The van der Waals surface area contributed by atoms with Crippen LogP contribution in [0.15, 0.2) is 35.8 Å². The fourth-order valence-electron chi connectivity index (χ4n) is 1.12. The monoisotopic (exact) mass is 300 g/mol. The van der Waals surface area contributed by atoms with Crippen molar-refractivity contribution in [1.29, 1.82) is 0 Å². The van der Waals surface area contributed by atoms with Gasteiger partial charge in [0.25, 0.3) is 0 Å². The zero-order chi connectivity index (χ0) is 16.4. The van der Waals surface area contributed by atoms with Crippen molar-refractivity contribution in [3.63, 3.8) is 0 Å². The Balaban J connectivity index is 4.90. The summed E-state index contributed by atoms with van der Waals surface area (Å²) in [5.74, 6) is -1.78. The summed E-state index contributed by atoms with van der Waals surface area (Å²) in [6.45, 7) is 5.25. The maximum absolute atomic E-state index is 11.6. The molecule has 0 aliphatic carbocycles. The highest BCUT2D eigenvalue weighted by molar-refractivity contribution is 5.88. The third-order valence-corrected chi connectivity index (χ3v) is 2.45. The first-order chi connectivity index (χ1) is 9.87. The molecule has 0 aromatic carbocycles. The third kappa shape index (κ3) is 6.73. The van der Waals surface area contributed by atoms with Crippen molar-refractivity contribution in [3.8, 4) is 0 Å². The van der Waals surface area contributed by atoms with Crippen LogP contribution in [0, 0.1) is 0 Å². The predicted molar refractivity (Wildman–Crippen MR) is 74.0 cm³/mol. The van der Waals surface area contributed by atoms with Gasteiger partial charge in [-0.05, 0) is 13.8 Å². The third-order valence-electron chi connectivity index (χ3n) is 2.45. The van der Waals surface area contributed by atoms with Gasteiger partial charge in [0.2, 0.25) is 0 Å². The summed E-state index contributed by atoms with van der Waals surface area (Å²) in [6.07, 6.45) is 1.70. The lowest BCUT2D eigenvalue weighted by Crippen LogP contribution is -2.26. The van der Waals surface area contributed by atoms with Crippen molar-refractivity contribution in [2.75, 3.05) is 13.2 Å². The minimum atomic E-state index is -1.14. The molecule has 0 radical (unpaired) electrons. The summed E-state index contributed by atoms with van der Waals surface area (Å²) in [5, 5.41) is 26.5. The van der Waals surface area contributed by atoms with E-state index in [0.29, 0.717) is 0 Å². The maximum Gasteiger partial charge on any atom is 0.337 e. The number of esters is 1. The Labute approximate surface area is 122 Å². The van der Waals surface area contributed by atoms with Gasteiger partial charge in [0.1, 0.15) is 18.1 Å². The van der Waals surface area contributed by atoms with E-state index in [-0.39, 0.29) is 23.3 Å². The number of carboxylic acids is 1. The van der Waals surface area contributed by atoms with E-state index in [2.05, 4.69) is 6.58 Å². The standard InChI is InChI=1S/C14H20O7/c1-4-5-12(10(3)13(17)18)20-8-9(2)14(19)21-11(6-15)7-16/h4,8,11,15-16H,1,5-7H2,2-3H3,(H,17,18)/b9-8+,12-10+. The van der Waals surface area contributed by atoms with Crippen LogP contribution < -0.4 is 0 Å². The Morgan fingerprint density at radius 2 is 1.81 bits per heavy atom. The largest absolute Gasteiger partial charge is 0.478 e. The molecule has 0 amide bonds. The van der Waals surface area contributed by atoms with Crippen LogP contribution in [-0.2, 0) is 19.1 Å². The number of hydrogen-bond donors (Lipinski definition) is 3. The second-order valence-electron chi connectivity index (χ2n) is 4.16. The second-order valence-corrected chi connectivity index (χ2v) is 4.16. The molecule has 118 valence electrons. The zero-order valence-corrected chi connectivity index (χ0v) is 12.0. The molecule has 0 atom stereocenters. The van der Waals surface area contributed by atoms with Gasteiger partial charge in [0, 0.05) is 6.42 Å². The van der Waals surface area contributed by atoms with Crippen molar-refractivity contribution in [1.82, 2.24) is 0 Å². The summed E-state index contributed by atoms with van der Waals surface area (Å²) in [5.41, 5.74) is 0.0533. The van der Waals surface area contributed by atoms with Crippen molar-refractivity contribution >= 4 is 11.9 Å². The van der Waals surface area contributed by atoms with E-state index in [1.807, 2.05) is 0 Å². The normalized spacial score (nSPS) is 12.7. The summed E-state index contributed by atoms with van der Waals surface area (Å²) in [4.78, 5) is 22.5. The Morgan fingerprint density at radius 1 is 1.24 bits per heavy atom. The lowest BCUT2D eigenvalue weighted by atomic mass is 10.2. The number of ether oxygens (including phenoxy) is 2. The SMILES string of the molecule is C=CC/C(O/C=C(\C)C(=O)OC(CO)CO)=C(/C)C(=O)O. The fourth-order valence-corrected chi connectivity index (χ4v) is 1.12. The molecule has 0 saturated heterocycles. The topological polar surface area (TPSA) is 113 Å². The van der Waals surface area contributed by atoms with Crippen LogP contribution in [-0.4, -0.2) is 46.6 Å². The smallest absolute Gasteiger partial charge is 0.337 e. The summed E-state index contributed by atoms with van der Waals surface area (Å²) < 4.78 is 9.95. The second kappa shape index (κ2) is 9.73. The molecular formula is C14H20O7. The number of aliphatic carboxylic acids is 1. The number of carbonyl (C=O) groups excluding carboxylic acids is 1. The van der Waals surface area contributed by atoms with Crippen LogP contribution >= 0.6 is 0 Å². The van der Waals surface area contributed by atoms with Crippen LogP contribution in [0.2, 0.25) is 0 Å². The molecule has 0 saturated carbocycles. The molecular weight excluding hydrogens is 280 g/mol. The van der Waals surface area contributed by atoms with Gasteiger partial charge in [-0.15, -0.1) is 6.58 Å². The van der Waals surface area contributed by atoms with Gasteiger partial charge >= 0.3 is 11.9 Å². The van der Waals surface area contributed by atoms with Crippen LogP contribution in [0.5, 0.6) is 0 Å². The molecule has 21 heavy (non-hydrogen) atoms. The molecule has 0 aromatic rings. The number of aliphatic hydroxyl groups is 2. The Morgan fingerprint density at radius 3 is 2.24 bits per heavy atom. The minimum Gasteiger partial charge on any atom is -0.478 e. The lowest BCUT2D eigenvalue weighted by molar-refractivity contribution is -0.148. The van der Waals surface area contributed by atoms with E-state index in [0.717, 1.165) is 6.26 Å². The number of rotatable bonds is 9. The molecule has 0 fully saturated rings. The first-order valence-corrected chi connectivity index (χ1v) is 6.17. The highest BCUT2D eigenvalue weighted by Gasteiger charge is 2.15. The first-order valence-electron chi connectivity index (χ1n) is 6.17.